The third-order valence-electron chi connectivity index (χ3n) is 1.34. The molecule has 0 radical (unpaired) electrons. The Hall–Kier alpha value is -0.920. The smallest absolute Gasteiger partial charge is 0.273 e. The summed E-state index contributed by atoms with van der Waals surface area (Å²) in [5.41, 5.74) is 3.62. The van der Waals surface area contributed by atoms with Crippen molar-refractivity contribution in [3.63, 3.8) is 0 Å². The summed E-state index contributed by atoms with van der Waals surface area (Å²) in [5.74, 6) is -1.76. The van der Waals surface area contributed by atoms with Crippen LogP contribution in [0.1, 0.15) is 27.2 Å². The predicted octanol–water partition coefficient (Wildman–Crippen LogP) is 1.62. The molecular weight excluding hydrogens is 257 g/mol. The summed E-state index contributed by atoms with van der Waals surface area (Å²) in [6, 6.07) is 0. The molecule has 0 atom stereocenters. The minimum Gasteiger partial charge on any atom is -0.273 e. The van der Waals surface area contributed by atoms with Gasteiger partial charge in [0.2, 0.25) is 11.8 Å². The van der Waals surface area contributed by atoms with Crippen LogP contribution in [0.25, 0.3) is 0 Å². The lowest BCUT2D eigenvalue weighted by Gasteiger charge is -2.17. The zero-order valence-electron chi connectivity index (χ0n) is 9.77. The molecule has 0 bridgehead atoms. The summed E-state index contributed by atoms with van der Waals surface area (Å²) in [7, 11) is 0. The molecule has 0 aliphatic heterocycles. The average molecular weight is 272 g/mol. The maximum atomic E-state index is 11.8. The molecule has 2 N–H and O–H groups in total. The van der Waals surface area contributed by atoms with E-state index in [0.29, 0.717) is 0 Å². The standard InChI is InChI=1S/C9H15F3N2O2S/c1-8(2,3)17-5-7(16)14-13-6(15)4-9(10,11)12/h4-5H2,1-3H3,(H,13,15)(H,14,16). The fourth-order valence-electron chi connectivity index (χ4n) is 0.684. The fourth-order valence-corrected chi connectivity index (χ4v) is 1.32. The van der Waals surface area contributed by atoms with E-state index >= 15 is 0 Å². The lowest BCUT2D eigenvalue weighted by molar-refractivity contribution is -0.155. The molecule has 2 amide bonds. The van der Waals surface area contributed by atoms with E-state index in [9.17, 15) is 22.8 Å². The van der Waals surface area contributed by atoms with E-state index in [2.05, 4.69) is 0 Å². The number of rotatable bonds is 3. The number of carbonyl (C=O) groups excluding carboxylic acids is 2. The molecule has 0 rings (SSSR count). The van der Waals surface area contributed by atoms with Crippen LogP contribution in [-0.4, -0.2) is 28.5 Å². The third kappa shape index (κ3) is 11.3. The van der Waals surface area contributed by atoms with Gasteiger partial charge in [-0.2, -0.15) is 13.2 Å². The van der Waals surface area contributed by atoms with E-state index in [0.717, 1.165) is 0 Å². The Morgan fingerprint density at radius 2 is 1.53 bits per heavy atom. The van der Waals surface area contributed by atoms with Crippen molar-refractivity contribution in [3.8, 4) is 0 Å². The average Bonchev–Trinajstić information content (AvgIpc) is 2.07. The van der Waals surface area contributed by atoms with Crippen molar-refractivity contribution in [2.75, 3.05) is 5.75 Å². The minimum atomic E-state index is -4.57. The number of amides is 2. The number of nitrogens with one attached hydrogen (secondary N) is 2. The second kappa shape index (κ2) is 6.13. The lowest BCUT2D eigenvalue weighted by Crippen LogP contribution is -2.44. The van der Waals surface area contributed by atoms with Gasteiger partial charge in [-0.3, -0.25) is 20.4 Å². The molecule has 0 saturated heterocycles. The first-order chi connectivity index (χ1) is 7.49. The van der Waals surface area contributed by atoms with Crippen LogP contribution in [-0.2, 0) is 9.59 Å². The van der Waals surface area contributed by atoms with Crippen LogP contribution in [0, 0.1) is 0 Å². The molecule has 8 heteroatoms. The summed E-state index contributed by atoms with van der Waals surface area (Å²) >= 11 is 1.32. The molecule has 0 unspecified atom stereocenters. The zero-order chi connectivity index (χ0) is 13.7. The Morgan fingerprint density at radius 1 is 1.06 bits per heavy atom. The van der Waals surface area contributed by atoms with Gasteiger partial charge in [0.15, 0.2) is 0 Å². The molecule has 0 aliphatic rings. The van der Waals surface area contributed by atoms with E-state index in [1.807, 2.05) is 26.2 Å². The van der Waals surface area contributed by atoms with Gasteiger partial charge in [-0.15, -0.1) is 11.8 Å². The van der Waals surface area contributed by atoms with Crippen molar-refractivity contribution >= 4 is 23.6 Å². The Labute approximate surface area is 102 Å². The molecule has 0 fully saturated rings. The topological polar surface area (TPSA) is 58.2 Å². The highest BCUT2D eigenvalue weighted by molar-refractivity contribution is 8.01. The van der Waals surface area contributed by atoms with Crippen LogP contribution in [0.15, 0.2) is 0 Å². The maximum Gasteiger partial charge on any atom is 0.397 e. The first kappa shape index (κ1) is 16.1. The lowest BCUT2D eigenvalue weighted by atomic mass is 10.3. The quantitative estimate of drug-likeness (QED) is 0.768. The van der Waals surface area contributed by atoms with E-state index in [1.54, 1.807) is 5.43 Å². The van der Waals surface area contributed by atoms with Crippen molar-refractivity contribution in [1.29, 1.82) is 0 Å². The summed E-state index contributed by atoms with van der Waals surface area (Å²) in [5, 5.41) is 0. The van der Waals surface area contributed by atoms with Crippen LogP contribution in [0.5, 0.6) is 0 Å². The second-order valence-corrected chi connectivity index (χ2v) is 6.09. The number of alkyl halides is 3. The number of thioether (sulfide) groups is 1. The van der Waals surface area contributed by atoms with Gasteiger partial charge in [-0.1, -0.05) is 20.8 Å². The van der Waals surface area contributed by atoms with Crippen molar-refractivity contribution in [2.24, 2.45) is 0 Å². The van der Waals surface area contributed by atoms with Crippen molar-refractivity contribution in [1.82, 2.24) is 10.9 Å². The minimum absolute atomic E-state index is 0.0653. The van der Waals surface area contributed by atoms with Gasteiger partial charge >= 0.3 is 6.18 Å². The SMILES string of the molecule is CC(C)(C)SCC(=O)NNC(=O)CC(F)(F)F. The predicted molar refractivity (Wildman–Crippen MR) is 59.2 cm³/mol. The summed E-state index contributed by atoms with van der Waals surface area (Å²) < 4.78 is 35.1. The van der Waals surface area contributed by atoms with Crippen molar-refractivity contribution in [2.45, 2.75) is 38.1 Å². The Bertz CT molecular complexity index is 287. The molecule has 0 saturated carbocycles. The number of hydrogen-bond acceptors (Lipinski definition) is 3. The van der Waals surface area contributed by atoms with Crippen molar-refractivity contribution in [3.05, 3.63) is 0 Å². The van der Waals surface area contributed by atoms with Gasteiger partial charge in [0.1, 0.15) is 6.42 Å². The molecule has 0 heterocycles. The van der Waals surface area contributed by atoms with Gasteiger partial charge in [-0.05, 0) is 0 Å². The molecule has 0 aromatic carbocycles. The van der Waals surface area contributed by atoms with E-state index in [-0.39, 0.29) is 10.5 Å². The normalized spacial score (nSPS) is 12.1. The highest BCUT2D eigenvalue weighted by Crippen LogP contribution is 2.22. The molecule has 0 spiro atoms. The Kier molecular flexibility index (Phi) is 5.80. The van der Waals surface area contributed by atoms with E-state index in [4.69, 9.17) is 0 Å². The van der Waals surface area contributed by atoms with Crippen LogP contribution in [0.4, 0.5) is 13.2 Å². The van der Waals surface area contributed by atoms with Gasteiger partial charge in [0.25, 0.3) is 0 Å². The number of halogens is 3. The van der Waals surface area contributed by atoms with Crippen LogP contribution >= 0.6 is 11.8 Å². The van der Waals surface area contributed by atoms with Gasteiger partial charge < -0.3 is 0 Å². The highest BCUT2D eigenvalue weighted by atomic mass is 32.2. The molecule has 100 valence electrons. The van der Waals surface area contributed by atoms with Crippen molar-refractivity contribution < 1.29 is 22.8 Å². The fraction of sp³-hybridized carbons (Fsp3) is 0.778. The summed E-state index contributed by atoms with van der Waals surface area (Å²) in [4.78, 5) is 21.8. The third-order valence-corrected chi connectivity index (χ3v) is 2.61. The number of hydrazine groups is 1. The van der Waals surface area contributed by atoms with Gasteiger partial charge in [-0.25, -0.2) is 0 Å². The van der Waals surface area contributed by atoms with E-state index in [1.165, 1.54) is 11.8 Å². The van der Waals surface area contributed by atoms with Crippen LogP contribution in [0.2, 0.25) is 0 Å². The molecular formula is C9H15F3N2O2S. The molecule has 0 aromatic rings. The highest BCUT2D eigenvalue weighted by Gasteiger charge is 2.31. The molecule has 17 heavy (non-hydrogen) atoms. The van der Waals surface area contributed by atoms with Crippen LogP contribution in [0.3, 0.4) is 0 Å². The Balaban J connectivity index is 3.82. The van der Waals surface area contributed by atoms with Crippen LogP contribution < -0.4 is 10.9 Å². The number of hydrogen-bond donors (Lipinski definition) is 2. The zero-order valence-corrected chi connectivity index (χ0v) is 10.6. The first-order valence-corrected chi connectivity index (χ1v) is 5.76. The number of carbonyl (C=O) groups is 2. The van der Waals surface area contributed by atoms with E-state index < -0.39 is 24.4 Å². The Morgan fingerprint density at radius 3 is 1.94 bits per heavy atom. The molecule has 0 aliphatic carbocycles. The van der Waals surface area contributed by atoms with Gasteiger partial charge in [0.05, 0.1) is 5.75 Å². The molecule has 0 aromatic heterocycles. The largest absolute Gasteiger partial charge is 0.397 e. The summed E-state index contributed by atoms with van der Waals surface area (Å²) in [6.07, 6.45) is -6.19. The second-order valence-electron chi connectivity index (χ2n) is 4.29. The maximum absolute atomic E-state index is 11.8. The molecule has 4 nitrogen and oxygen atoms in total. The first-order valence-electron chi connectivity index (χ1n) is 4.78. The van der Waals surface area contributed by atoms with Gasteiger partial charge in [0, 0.05) is 4.75 Å². The summed E-state index contributed by atoms with van der Waals surface area (Å²) in [6.45, 7) is 5.69. The monoisotopic (exact) mass is 272 g/mol.